The standard InChI is InChI=1S/C31H38N4O5/c1-7-39-29(37)23-9-11-24(12-10-23)33-28(36)25-19-32-35(26-13-8-20(2)18-21(26)3)27(25)22-14-16-34(17-15-22)30(38)40-31(4,5)6/h8-13,18-19,22H,7,14-17H2,1-6H3,(H,33,36). The van der Waals surface area contributed by atoms with E-state index in [0.29, 0.717) is 49.4 Å². The van der Waals surface area contributed by atoms with Gasteiger partial charge in [0, 0.05) is 24.7 Å². The van der Waals surface area contributed by atoms with Gasteiger partial charge in [-0.3, -0.25) is 4.79 Å². The Morgan fingerprint density at radius 3 is 2.30 bits per heavy atom. The number of hydrogen-bond donors (Lipinski definition) is 1. The molecule has 2 aromatic carbocycles. The Hall–Kier alpha value is -4.14. The van der Waals surface area contributed by atoms with E-state index < -0.39 is 11.6 Å². The average molecular weight is 547 g/mol. The van der Waals surface area contributed by atoms with Crippen molar-refractivity contribution in [1.82, 2.24) is 14.7 Å². The molecular weight excluding hydrogens is 508 g/mol. The summed E-state index contributed by atoms with van der Waals surface area (Å²) in [7, 11) is 0. The number of hydrogen-bond acceptors (Lipinski definition) is 6. The number of anilines is 1. The molecule has 0 saturated carbocycles. The third kappa shape index (κ3) is 6.70. The largest absolute Gasteiger partial charge is 0.462 e. The lowest BCUT2D eigenvalue weighted by atomic mass is 9.90. The van der Waals surface area contributed by atoms with Crippen LogP contribution in [0.5, 0.6) is 0 Å². The third-order valence-corrected chi connectivity index (χ3v) is 6.82. The zero-order valence-corrected chi connectivity index (χ0v) is 24.1. The Balaban J connectivity index is 1.61. The first-order valence-corrected chi connectivity index (χ1v) is 13.7. The number of carbonyl (C=O) groups is 3. The van der Waals surface area contributed by atoms with Crippen LogP contribution in [0.15, 0.2) is 48.7 Å². The molecule has 0 atom stereocenters. The highest BCUT2D eigenvalue weighted by Gasteiger charge is 2.32. The molecule has 0 radical (unpaired) electrons. The summed E-state index contributed by atoms with van der Waals surface area (Å²) in [6, 6.07) is 12.8. The van der Waals surface area contributed by atoms with E-state index in [2.05, 4.69) is 16.5 Å². The van der Waals surface area contributed by atoms with Gasteiger partial charge in [-0.05, 0) is 90.3 Å². The van der Waals surface area contributed by atoms with Gasteiger partial charge in [0.15, 0.2) is 0 Å². The summed E-state index contributed by atoms with van der Waals surface area (Å²) < 4.78 is 12.5. The van der Waals surface area contributed by atoms with Crippen LogP contribution in [0, 0.1) is 13.8 Å². The van der Waals surface area contributed by atoms with Crippen LogP contribution >= 0.6 is 0 Å². The van der Waals surface area contributed by atoms with E-state index in [0.717, 1.165) is 22.5 Å². The summed E-state index contributed by atoms with van der Waals surface area (Å²) >= 11 is 0. The average Bonchev–Trinajstić information content (AvgIpc) is 3.33. The van der Waals surface area contributed by atoms with Crippen molar-refractivity contribution in [2.75, 3.05) is 25.0 Å². The molecule has 9 nitrogen and oxygen atoms in total. The molecule has 1 saturated heterocycles. The minimum Gasteiger partial charge on any atom is -0.462 e. The summed E-state index contributed by atoms with van der Waals surface area (Å²) in [5.41, 5.74) is 4.81. The lowest BCUT2D eigenvalue weighted by molar-refractivity contribution is 0.0203. The van der Waals surface area contributed by atoms with Crippen molar-refractivity contribution in [2.24, 2.45) is 0 Å². The van der Waals surface area contributed by atoms with Gasteiger partial charge in [-0.1, -0.05) is 17.7 Å². The number of ether oxygens (including phenoxy) is 2. The van der Waals surface area contributed by atoms with Crippen molar-refractivity contribution < 1.29 is 23.9 Å². The van der Waals surface area contributed by atoms with E-state index in [9.17, 15) is 14.4 Å². The molecule has 4 rings (SSSR count). The maximum atomic E-state index is 13.6. The number of amides is 2. The fourth-order valence-electron chi connectivity index (χ4n) is 4.93. The van der Waals surface area contributed by atoms with Gasteiger partial charge in [0.2, 0.25) is 0 Å². The minimum atomic E-state index is -0.560. The van der Waals surface area contributed by atoms with E-state index >= 15 is 0 Å². The van der Waals surface area contributed by atoms with Crippen molar-refractivity contribution in [2.45, 2.75) is 65.9 Å². The Morgan fingerprint density at radius 1 is 1.02 bits per heavy atom. The number of nitrogens with one attached hydrogen (secondary N) is 1. The van der Waals surface area contributed by atoms with Gasteiger partial charge < -0.3 is 19.7 Å². The molecule has 0 aliphatic carbocycles. The normalized spacial score (nSPS) is 14.1. The number of piperidine rings is 1. The van der Waals surface area contributed by atoms with Gasteiger partial charge in [0.25, 0.3) is 5.91 Å². The molecule has 1 aliphatic heterocycles. The summed E-state index contributed by atoms with van der Waals surface area (Å²) in [4.78, 5) is 39.9. The molecule has 1 aliphatic rings. The SMILES string of the molecule is CCOC(=O)c1ccc(NC(=O)c2cnn(-c3ccc(C)cc3C)c2C2CCN(C(=O)OC(C)(C)C)CC2)cc1. The quantitative estimate of drug-likeness (QED) is 0.379. The lowest BCUT2D eigenvalue weighted by Gasteiger charge is -2.34. The first kappa shape index (κ1) is 28.9. The topological polar surface area (TPSA) is 103 Å². The Morgan fingerprint density at radius 2 is 1.70 bits per heavy atom. The van der Waals surface area contributed by atoms with E-state index in [1.165, 1.54) is 0 Å². The van der Waals surface area contributed by atoms with Crippen molar-refractivity contribution in [3.05, 3.63) is 76.6 Å². The van der Waals surface area contributed by atoms with Gasteiger partial charge in [-0.2, -0.15) is 5.10 Å². The molecule has 9 heteroatoms. The van der Waals surface area contributed by atoms with Crippen molar-refractivity contribution >= 4 is 23.7 Å². The smallest absolute Gasteiger partial charge is 0.410 e. The first-order chi connectivity index (χ1) is 19.0. The molecular formula is C31H38N4O5. The molecule has 0 spiro atoms. The predicted octanol–water partition coefficient (Wildman–Crippen LogP) is 6.03. The van der Waals surface area contributed by atoms with Crippen LogP contribution in [0.25, 0.3) is 5.69 Å². The summed E-state index contributed by atoms with van der Waals surface area (Å²) in [5, 5.41) is 7.61. The van der Waals surface area contributed by atoms with Crippen LogP contribution in [-0.2, 0) is 9.47 Å². The second kappa shape index (κ2) is 11.9. The monoisotopic (exact) mass is 546 g/mol. The first-order valence-electron chi connectivity index (χ1n) is 13.7. The number of likely N-dealkylation sites (tertiary alicyclic amines) is 1. The molecule has 0 unspecified atom stereocenters. The Kier molecular flexibility index (Phi) is 8.61. The highest BCUT2D eigenvalue weighted by Crippen LogP contribution is 2.34. The van der Waals surface area contributed by atoms with Crippen LogP contribution in [0.1, 0.15) is 84.0 Å². The highest BCUT2D eigenvalue weighted by molar-refractivity contribution is 6.05. The van der Waals surface area contributed by atoms with Gasteiger partial charge in [-0.25, -0.2) is 14.3 Å². The predicted molar refractivity (Wildman–Crippen MR) is 153 cm³/mol. The molecule has 1 aromatic heterocycles. The van der Waals surface area contributed by atoms with Crippen LogP contribution in [0.4, 0.5) is 10.5 Å². The summed E-state index contributed by atoms with van der Waals surface area (Å²) in [5.74, 6) is -0.687. The van der Waals surface area contributed by atoms with Crippen molar-refractivity contribution in [3.63, 3.8) is 0 Å². The number of esters is 1. The van der Waals surface area contributed by atoms with Crippen LogP contribution in [0.3, 0.4) is 0 Å². The molecule has 1 fully saturated rings. The third-order valence-electron chi connectivity index (χ3n) is 6.82. The number of rotatable bonds is 6. The molecule has 1 N–H and O–H groups in total. The molecule has 212 valence electrons. The van der Waals surface area contributed by atoms with Gasteiger partial charge in [0.1, 0.15) is 5.60 Å². The zero-order chi connectivity index (χ0) is 29.0. The fourth-order valence-corrected chi connectivity index (χ4v) is 4.93. The fraction of sp³-hybridized carbons (Fsp3) is 0.419. The van der Waals surface area contributed by atoms with E-state index in [1.54, 1.807) is 42.3 Å². The maximum absolute atomic E-state index is 13.6. The second-order valence-electron chi connectivity index (χ2n) is 11.1. The van der Waals surface area contributed by atoms with Crippen LogP contribution in [-0.4, -0.2) is 57.9 Å². The molecule has 3 aromatic rings. The maximum Gasteiger partial charge on any atom is 0.410 e. The number of nitrogens with zero attached hydrogens (tertiary/aromatic N) is 3. The van der Waals surface area contributed by atoms with E-state index in [4.69, 9.17) is 9.47 Å². The Bertz CT molecular complexity index is 1380. The molecule has 40 heavy (non-hydrogen) atoms. The highest BCUT2D eigenvalue weighted by atomic mass is 16.6. The van der Waals surface area contributed by atoms with Gasteiger partial charge >= 0.3 is 12.1 Å². The van der Waals surface area contributed by atoms with Crippen LogP contribution in [0.2, 0.25) is 0 Å². The summed E-state index contributed by atoms with van der Waals surface area (Å²) in [6.07, 6.45) is 2.63. The Labute approximate surface area is 235 Å². The molecule has 0 bridgehead atoms. The van der Waals surface area contributed by atoms with E-state index in [-0.39, 0.29) is 17.9 Å². The van der Waals surface area contributed by atoms with E-state index in [1.807, 2.05) is 51.4 Å². The number of carbonyl (C=O) groups excluding carboxylic acids is 3. The van der Waals surface area contributed by atoms with Crippen LogP contribution < -0.4 is 5.32 Å². The molecule has 2 heterocycles. The number of benzene rings is 2. The second-order valence-corrected chi connectivity index (χ2v) is 11.1. The lowest BCUT2D eigenvalue weighted by Crippen LogP contribution is -2.41. The number of aromatic nitrogens is 2. The molecule has 2 amide bonds. The zero-order valence-electron chi connectivity index (χ0n) is 24.1. The van der Waals surface area contributed by atoms with Gasteiger partial charge in [-0.15, -0.1) is 0 Å². The summed E-state index contributed by atoms with van der Waals surface area (Å²) in [6.45, 7) is 12.7. The van der Waals surface area contributed by atoms with Crippen molar-refractivity contribution in [3.8, 4) is 5.69 Å². The van der Waals surface area contributed by atoms with Crippen molar-refractivity contribution in [1.29, 1.82) is 0 Å². The number of aryl methyl sites for hydroxylation is 2. The van der Waals surface area contributed by atoms with Gasteiger partial charge in [0.05, 0.1) is 35.3 Å². The minimum absolute atomic E-state index is 0.00818.